The second-order valence-electron chi connectivity index (χ2n) is 3.53. The highest BCUT2D eigenvalue weighted by Crippen LogP contribution is 2.34. The normalized spacial score (nSPS) is 10.0. The molecule has 0 aromatic heterocycles. The Hall–Kier alpha value is -2.16. The molecule has 0 spiro atoms. The molecule has 0 aliphatic carbocycles. The number of methoxy groups -OCH3 is 1. The topological polar surface area (TPSA) is 26.3 Å². The number of ether oxygens (including phenoxy) is 1. The van der Waals surface area contributed by atoms with Crippen LogP contribution in [0.5, 0.6) is 5.75 Å². The molecule has 0 radical (unpaired) electrons. The van der Waals surface area contributed by atoms with Gasteiger partial charge in [0, 0.05) is 11.1 Å². The largest absolute Gasteiger partial charge is 0.493 e. The number of carbonyl (C=O) groups excluding carboxylic acids is 1. The molecule has 2 aromatic rings. The molecular weight excluding hydrogens is 219 g/mol. The van der Waals surface area contributed by atoms with Crippen LogP contribution in [0.4, 0.5) is 4.39 Å². The van der Waals surface area contributed by atoms with E-state index in [0.717, 1.165) is 5.56 Å². The third-order valence-electron chi connectivity index (χ3n) is 2.54. The first kappa shape index (κ1) is 11.3. The molecule has 0 bridgehead atoms. The van der Waals surface area contributed by atoms with E-state index in [9.17, 15) is 9.18 Å². The van der Waals surface area contributed by atoms with Gasteiger partial charge in [-0.3, -0.25) is 4.79 Å². The summed E-state index contributed by atoms with van der Waals surface area (Å²) >= 11 is 0. The summed E-state index contributed by atoms with van der Waals surface area (Å²) in [6.45, 7) is 0. The molecule has 0 saturated heterocycles. The smallest absolute Gasteiger partial charge is 0.165 e. The summed E-state index contributed by atoms with van der Waals surface area (Å²) in [5, 5.41) is 0. The average molecular weight is 230 g/mol. The van der Waals surface area contributed by atoms with Crippen molar-refractivity contribution in [3.05, 3.63) is 53.8 Å². The van der Waals surface area contributed by atoms with Crippen molar-refractivity contribution in [2.75, 3.05) is 7.11 Å². The number of halogens is 1. The Morgan fingerprint density at radius 1 is 1.12 bits per heavy atom. The molecule has 0 atom stereocenters. The Bertz CT molecular complexity index is 535. The molecular formula is C14H11FO2. The maximum Gasteiger partial charge on any atom is 0.165 e. The molecule has 86 valence electrons. The summed E-state index contributed by atoms with van der Waals surface area (Å²) in [5.74, 6) is -0.377. The average Bonchev–Trinajstić information content (AvgIpc) is 2.39. The van der Waals surface area contributed by atoms with Crippen molar-refractivity contribution in [3.63, 3.8) is 0 Å². The van der Waals surface area contributed by atoms with Gasteiger partial charge in [0.05, 0.1) is 7.11 Å². The van der Waals surface area contributed by atoms with Crippen LogP contribution in [0.3, 0.4) is 0 Å². The molecule has 0 fully saturated rings. The van der Waals surface area contributed by atoms with Gasteiger partial charge in [0.15, 0.2) is 17.9 Å². The maximum absolute atomic E-state index is 13.6. The zero-order valence-corrected chi connectivity index (χ0v) is 9.31. The molecule has 0 aliphatic rings. The molecule has 0 heterocycles. The Kier molecular flexibility index (Phi) is 3.19. The molecule has 2 rings (SSSR count). The zero-order chi connectivity index (χ0) is 12.3. The lowest BCUT2D eigenvalue weighted by Gasteiger charge is -2.11. The van der Waals surface area contributed by atoms with E-state index in [1.807, 2.05) is 30.3 Å². The first-order chi connectivity index (χ1) is 8.27. The van der Waals surface area contributed by atoms with Crippen molar-refractivity contribution >= 4 is 6.29 Å². The van der Waals surface area contributed by atoms with Crippen LogP contribution in [0.15, 0.2) is 42.5 Å². The molecule has 17 heavy (non-hydrogen) atoms. The number of aldehydes is 1. The monoisotopic (exact) mass is 230 g/mol. The molecule has 3 heteroatoms. The number of hydrogen-bond acceptors (Lipinski definition) is 2. The van der Waals surface area contributed by atoms with Gasteiger partial charge in [0.25, 0.3) is 0 Å². The van der Waals surface area contributed by atoms with Crippen molar-refractivity contribution in [2.24, 2.45) is 0 Å². The Balaban J connectivity index is 2.73. The standard InChI is InChI=1S/C14H11FO2/c1-17-14-12(15)8-7-11(9-16)13(14)10-5-3-2-4-6-10/h2-9H,1H3. The number of hydrogen-bond donors (Lipinski definition) is 0. The first-order valence-corrected chi connectivity index (χ1v) is 5.15. The van der Waals surface area contributed by atoms with Gasteiger partial charge in [-0.1, -0.05) is 30.3 Å². The van der Waals surface area contributed by atoms with Gasteiger partial charge in [-0.15, -0.1) is 0 Å². The Morgan fingerprint density at radius 3 is 2.41 bits per heavy atom. The fraction of sp³-hybridized carbons (Fsp3) is 0.0714. The summed E-state index contributed by atoms with van der Waals surface area (Å²) in [6.07, 6.45) is 0.699. The Labute approximate surface area is 98.7 Å². The molecule has 2 nitrogen and oxygen atoms in total. The summed E-state index contributed by atoms with van der Waals surface area (Å²) in [4.78, 5) is 11.0. The van der Waals surface area contributed by atoms with E-state index in [-0.39, 0.29) is 5.75 Å². The zero-order valence-electron chi connectivity index (χ0n) is 9.31. The lowest BCUT2D eigenvalue weighted by Crippen LogP contribution is -1.96. The van der Waals surface area contributed by atoms with Crippen LogP contribution in [-0.4, -0.2) is 13.4 Å². The minimum Gasteiger partial charge on any atom is -0.493 e. The third kappa shape index (κ3) is 2.04. The van der Waals surface area contributed by atoms with E-state index in [1.165, 1.54) is 19.2 Å². The molecule has 0 N–H and O–H groups in total. The summed E-state index contributed by atoms with van der Waals surface area (Å²) in [6, 6.07) is 11.8. The fourth-order valence-electron chi connectivity index (χ4n) is 1.77. The van der Waals surface area contributed by atoms with Gasteiger partial charge >= 0.3 is 0 Å². The minimum absolute atomic E-state index is 0.0980. The number of rotatable bonds is 3. The van der Waals surface area contributed by atoms with E-state index in [4.69, 9.17) is 4.74 Å². The SMILES string of the molecule is COc1c(F)ccc(C=O)c1-c1ccccc1. The van der Waals surface area contributed by atoms with Crippen LogP contribution in [0.1, 0.15) is 10.4 Å². The number of carbonyl (C=O) groups is 1. The molecule has 0 unspecified atom stereocenters. The van der Waals surface area contributed by atoms with E-state index in [0.29, 0.717) is 17.4 Å². The molecule has 0 saturated carbocycles. The van der Waals surface area contributed by atoms with Gasteiger partial charge in [-0.25, -0.2) is 4.39 Å². The lowest BCUT2D eigenvalue weighted by molar-refractivity contribution is 0.112. The predicted octanol–water partition coefficient (Wildman–Crippen LogP) is 3.31. The lowest BCUT2D eigenvalue weighted by atomic mass is 9.99. The second-order valence-corrected chi connectivity index (χ2v) is 3.53. The van der Waals surface area contributed by atoms with Gasteiger partial charge < -0.3 is 4.74 Å². The second kappa shape index (κ2) is 4.78. The summed E-state index contributed by atoms with van der Waals surface area (Å²) in [5.41, 5.74) is 1.66. The van der Waals surface area contributed by atoms with E-state index in [1.54, 1.807) is 0 Å². The predicted molar refractivity (Wildman–Crippen MR) is 63.8 cm³/mol. The molecule has 0 amide bonds. The van der Waals surface area contributed by atoms with E-state index >= 15 is 0 Å². The molecule has 2 aromatic carbocycles. The van der Waals surface area contributed by atoms with Crippen molar-refractivity contribution in [2.45, 2.75) is 0 Å². The van der Waals surface area contributed by atoms with Gasteiger partial charge in [0.2, 0.25) is 0 Å². The third-order valence-corrected chi connectivity index (χ3v) is 2.54. The first-order valence-electron chi connectivity index (χ1n) is 5.15. The minimum atomic E-state index is -0.475. The van der Waals surface area contributed by atoms with Crippen LogP contribution >= 0.6 is 0 Å². The van der Waals surface area contributed by atoms with Crippen molar-refractivity contribution in [3.8, 4) is 16.9 Å². The van der Waals surface area contributed by atoms with Crippen molar-refractivity contribution < 1.29 is 13.9 Å². The van der Waals surface area contributed by atoms with Crippen molar-refractivity contribution in [1.29, 1.82) is 0 Å². The molecule has 0 aliphatic heterocycles. The van der Waals surface area contributed by atoms with Crippen LogP contribution in [0.25, 0.3) is 11.1 Å². The van der Waals surface area contributed by atoms with E-state index < -0.39 is 5.82 Å². The maximum atomic E-state index is 13.6. The highest BCUT2D eigenvalue weighted by atomic mass is 19.1. The van der Waals surface area contributed by atoms with Crippen LogP contribution < -0.4 is 4.74 Å². The number of benzene rings is 2. The summed E-state index contributed by atoms with van der Waals surface area (Å²) < 4.78 is 18.7. The highest BCUT2D eigenvalue weighted by Gasteiger charge is 2.15. The van der Waals surface area contributed by atoms with Crippen LogP contribution in [0.2, 0.25) is 0 Å². The van der Waals surface area contributed by atoms with E-state index in [2.05, 4.69) is 0 Å². The van der Waals surface area contributed by atoms with Crippen LogP contribution in [0, 0.1) is 5.82 Å². The highest BCUT2D eigenvalue weighted by molar-refractivity contribution is 5.90. The van der Waals surface area contributed by atoms with Crippen molar-refractivity contribution in [1.82, 2.24) is 0 Å². The van der Waals surface area contributed by atoms with Gasteiger partial charge in [-0.2, -0.15) is 0 Å². The fourth-order valence-corrected chi connectivity index (χ4v) is 1.77. The van der Waals surface area contributed by atoms with Crippen LogP contribution in [-0.2, 0) is 0 Å². The quantitative estimate of drug-likeness (QED) is 0.756. The Morgan fingerprint density at radius 2 is 1.82 bits per heavy atom. The summed E-state index contributed by atoms with van der Waals surface area (Å²) in [7, 11) is 1.39. The van der Waals surface area contributed by atoms with Gasteiger partial charge in [-0.05, 0) is 17.7 Å². The van der Waals surface area contributed by atoms with Gasteiger partial charge in [0.1, 0.15) is 0 Å².